The third-order valence-corrected chi connectivity index (χ3v) is 3.22. The molecule has 0 aromatic rings. The molecule has 2 rings (SSSR count). The van der Waals surface area contributed by atoms with Gasteiger partial charge in [-0.1, -0.05) is 19.9 Å². The van der Waals surface area contributed by atoms with Gasteiger partial charge in [0.1, 0.15) is 5.44 Å². The standard InChI is InChI=1S/C9H12O2S/c1-9(2)3-6-7(10)4-12-8(6)11-5-9/h3,8H,4-5H2,1-2H3. The first kappa shape index (κ1) is 8.32. The van der Waals surface area contributed by atoms with E-state index in [0.29, 0.717) is 5.75 Å². The van der Waals surface area contributed by atoms with E-state index in [1.807, 2.05) is 0 Å². The van der Waals surface area contributed by atoms with Crippen LogP contribution in [-0.2, 0) is 9.53 Å². The van der Waals surface area contributed by atoms with Crippen molar-refractivity contribution in [1.29, 1.82) is 0 Å². The minimum Gasteiger partial charge on any atom is -0.362 e. The lowest BCUT2D eigenvalue weighted by Crippen LogP contribution is -2.28. The molecule has 3 heteroatoms. The smallest absolute Gasteiger partial charge is 0.172 e. The average Bonchev–Trinajstić information content (AvgIpc) is 2.31. The monoisotopic (exact) mass is 184 g/mol. The lowest BCUT2D eigenvalue weighted by Gasteiger charge is -2.29. The van der Waals surface area contributed by atoms with Gasteiger partial charge in [-0.05, 0) is 0 Å². The molecule has 1 fully saturated rings. The third-order valence-electron chi connectivity index (χ3n) is 2.09. The predicted molar refractivity (Wildman–Crippen MR) is 49.1 cm³/mol. The van der Waals surface area contributed by atoms with Crippen molar-refractivity contribution in [3.63, 3.8) is 0 Å². The zero-order valence-electron chi connectivity index (χ0n) is 7.29. The third kappa shape index (κ3) is 1.31. The van der Waals surface area contributed by atoms with Crippen molar-refractivity contribution >= 4 is 17.5 Å². The van der Waals surface area contributed by atoms with Crippen LogP contribution in [0.4, 0.5) is 0 Å². The summed E-state index contributed by atoms with van der Waals surface area (Å²) in [6.45, 7) is 4.90. The number of hydrogen-bond donors (Lipinski definition) is 0. The van der Waals surface area contributed by atoms with Crippen LogP contribution in [0, 0.1) is 5.41 Å². The normalized spacial score (nSPS) is 33.0. The zero-order chi connectivity index (χ0) is 8.77. The molecule has 1 saturated heterocycles. The quantitative estimate of drug-likeness (QED) is 0.572. The summed E-state index contributed by atoms with van der Waals surface area (Å²) in [4.78, 5) is 11.3. The van der Waals surface area contributed by atoms with Gasteiger partial charge in [-0.2, -0.15) is 0 Å². The average molecular weight is 184 g/mol. The molecule has 0 aromatic carbocycles. The fourth-order valence-corrected chi connectivity index (χ4v) is 2.51. The van der Waals surface area contributed by atoms with E-state index >= 15 is 0 Å². The van der Waals surface area contributed by atoms with Crippen LogP contribution >= 0.6 is 11.8 Å². The first-order valence-corrected chi connectivity index (χ1v) is 5.12. The van der Waals surface area contributed by atoms with Gasteiger partial charge in [0.2, 0.25) is 0 Å². The number of carbonyl (C=O) groups excluding carboxylic acids is 1. The highest BCUT2D eigenvalue weighted by Crippen LogP contribution is 2.38. The molecule has 2 nitrogen and oxygen atoms in total. The highest BCUT2D eigenvalue weighted by molar-refractivity contribution is 8.01. The maximum atomic E-state index is 11.3. The molecule has 1 unspecified atom stereocenters. The Kier molecular flexibility index (Phi) is 1.81. The number of Topliss-reactive ketones (excluding diaryl/α,β-unsaturated/α-hetero) is 1. The fraction of sp³-hybridized carbons (Fsp3) is 0.667. The van der Waals surface area contributed by atoms with E-state index in [2.05, 4.69) is 19.9 Å². The lowest BCUT2D eigenvalue weighted by molar-refractivity contribution is -0.114. The SMILES string of the molecule is CC1(C)C=C2C(=O)CSC2OC1. The number of fused-ring (bicyclic) bond motifs is 1. The molecule has 2 aliphatic heterocycles. The number of rotatable bonds is 0. The number of hydrogen-bond acceptors (Lipinski definition) is 3. The Bertz CT molecular complexity index is 255. The Hall–Kier alpha value is -0.280. The molecule has 0 saturated carbocycles. The van der Waals surface area contributed by atoms with Crippen molar-refractivity contribution in [3.05, 3.63) is 11.6 Å². The Morgan fingerprint density at radius 3 is 3.17 bits per heavy atom. The number of ether oxygens (including phenoxy) is 1. The Morgan fingerprint density at radius 1 is 1.67 bits per heavy atom. The first-order chi connectivity index (χ1) is 5.58. The summed E-state index contributed by atoms with van der Waals surface area (Å²) in [5.74, 6) is 0.838. The van der Waals surface area contributed by atoms with Crippen LogP contribution in [0.3, 0.4) is 0 Å². The van der Waals surface area contributed by atoms with Crippen molar-refractivity contribution in [2.45, 2.75) is 19.3 Å². The fourth-order valence-electron chi connectivity index (χ4n) is 1.50. The summed E-state index contributed by atoms with van der Waals surface area (Å²) < 4.78 is 5.56. The van der Waals surface area contributed by atoms with Gasteiger partial charge in [0.25, 0.3) is 0 Å². The van der Waals surface area contributed by atoms with Crippen LogP contribution in [0.5, 0.6) is 0 Å². The molecule has 0 aliphatic carbocycles. The maximum Gasteiger partial charge on any atom is 0.172 e. The summed E-state index contributed by atoms with van der Waals surface area (Å²) in [5, 5.41) is 0. The Labute approximate surface area is 76.4 Å². The van der Waals surface area contributed by atoms with Gasteiger partial charge in [-0.25, -0.2) is 0 Å². The van der Waals surface area contributed by atoms with Crippen LogP contribution in [0.2, 0.25) is 0 Å². The van der Waals surface area contributed by atoms with Crippen LogP contribution in [-0.4, -0.2) is 23.6 Å². The maximum absolute atomic E-state index is 11.3. The van der Waals surface area contributed by atoms with E-state index in [1.54, 1.807) is 11.8 Å². The minimum atomic E-state index is 0.0329. The van der Waals surface area contributed by atoms with Gasteiger partial charge in [-0.3, -0.25) is 4.79 Å². The molecule has 2 aliphatic rings. The summed E-state index contributed by atoms with van der Waals surface area (Å²) in [6.07, 6.45) is 2.07. The lowest BCUT2D eigenvalue weighted by atomic mass is 9.89. The predicted octanol–water partition coefficient (Wildman–Crippen LogP) is 1.61. The summed E-state index contributed by atoms with van der Waals surface area (Å²) in [6, 6.07) is 0. The van der Waals surface area contributed by atoms with Crippen LogP contribution in [0.15, 0.2) is 11.6 Å². The van der Waals surface area contributed by atoms with Gasteiger partial charge in [0.15, 0.2) is 5.78 Å². The molecule has 0 bridgehead atoms. The topological polar surface area (TPSA) is 26.3 Å². The minimum absolute atomic E-state index is 0.0329. The van der Waals surface area contributed by atoms with E-state index in [9.17, 15) is 4.79 Å². The van der Waals surface area contributed by atoms with Gasteiger partial charge >= 0.3 is 0 Å². The summed E-state index contributed by atoms with van der Waals surface area (Å²) in [7, 11) is 0. The molecule has 12 heavy (non-hydrogen) atoms. The largest absolute Gasteiger partial charge is 0.362 e. The summed E-state index contributed by atoms with van der Waals surface area (Å²) in [5.41, 5.74) is 0.952. The van der Waals surface area contributed by atoms with E-state index in [1.165, 1.54) is 0 Å². The molecular weight excluding hydrogens is 172 g/mol. The van der Waals surface area contributed by atoms with Gasteiger partial charge in [-0.15, -0.1) is 11.8 Å². The summed E-state index contributed by atoms with van der Waals surface area (Å²) >= 11 is 1.60. The molecule has 0 amide bonds. The number of thioether (sulfide) groups is 1. The highest BCUT2D eigenvalue weighted by Gasteiger charge is 2.36. The van der Waals surface area contributed by atoms with Gasteiger partial charge in [0.05, 0.1) is 12.4 Å². The van der Waals surface area contributed by atoms with Gasteiger partial charge < -0.3 is 4.74 Å². The number of ketones is 1. The zero-order valence-corrected chi connectivity index (χ0v) is 8.11. The van der Waals surface area contributed by atoms with E-state index in [4.69, 9.17) is 4.74 Å². The Morgan fingerprint density at radius 2 is 2.42 bits per heavy atom. The van der Waals surface area contributed by atoms with Crippen molar-refractivity contribution in [1.82, 2.24) is 0 Å². The van der Waals surface area contributed by atoms with E-state index < -0.39 is 0 Å². The molecule has 2 heterocycles. The molecule has 0 N–H and O–H groups in total. The van der Waals surface area contributed by atoms with Crippen molar-refractivity contribution in [2.24, 2.45) is 5.41 Å². The highest BCUT2D eigenvalue weighted by atomic mass is 32.2. The molecule has 66 valence electrons. The van der Waals surface area contributed by atoms with Crippen molar-refractivity contribution in [3.8, 4) is 0 Å². The molecule has 0 spiro atoms. The molecule has 0 aromatic heterocycles. The van der Waals surface area contributed by atoms with Crippen LogP contribution < -0.4 is 0 Å². The van der Waals surface area contributed by atoms with E-state index in [0.717, 1.165) is 12.2 Å². The van der Waals surface area contributed by atoms with Crippen LogP contribution in [0.25, 0.3) is 0 Å². The molecular formula is C9H12O2S. The van der Waals surface area contributed by atoms with Crippen LogP contribution in [0.1, 0.15) is 13.8 Å². The second kappa shape index (κ2) is 2.60. The second-order valence-corrected chi connectivity index (χ2v) is 5.02. The number of carbonyl (C=O) groups is 1. The van der Waals surface area contributed by atoms with Crippen molar-refractivity contribution < 1.29 is 9.53 Å². The van der Waals surface area contributed by atoms with Gasteiger partial charge in [0, 0.05) is 11.0 Å². The second-order valence-electron chi connectivity index (χ2n) is 3.97. The van der Waals surface area contributed by atoms with E-state index in [-0.39, 0.29) is 16.6 Å². The first-order valence-electron chi connectivity index (χ1n) is 4.08. The molecule has 0 radical (unpaired) electrons. The Balaban J connectivity index is 2.33. The molecule has 1 atom stereocenters. The van der Waals surface area contributed by atoms with Crippen molar-refractivity contribution in [2.75, 3.05) is 12.4 Å².